The Morgan fingerprint density at radius 1 is 1.03 bits per heavy atom. The molecule has 1 amide bonds. The Labute approximate surface area is 175 Å². The fourth-order valence-electron chi connectivity index (χ4n) is 2.95. The lowest BCUT2D eigenvalue weighted by molar-refractivity contribution is -0.116. The Hall–Kier alpha value is -3.35. The first-order chi connectivity index (χ1) is 14.6. The Balaban J connectivity index is 1.65. The summed E-state index contributed by atoms with van der Waals surface area (Å²) < 4.78 is 12.9. The number of nitrogens with zero attached hydrogens (tertiary/aromatic N) is 2. The normalized spacial score (nSPS) is 10.7. The molecule has 0 radical (unpaired) electrons. The molecule has 0 fully saturated rings. The van der Waals surface area contributed by atoms with Gasteiger partial charge in [-0.05, 0) is 37.1 Å². The van der Waals surface area contributed by atoms with E-state index in [-0.39, 0.29) is 24.4 Å². The lowest BCUT2D eigenvalue weighted by Crippen LogP contribution is -2.23. The van der Waals surface area contributed by atoms with Gasteiger partial charge >= 0.3 is 0 Å². The van der Waals surface area contributed by atoms with Crippen molar-refractivity contribution in [2.24, 2.45) is 0 Å². The fraction of sp³-hybridized carbons (Fsp3) is 0.348. The predicted molar refractivity (Wildman–Crippen MR) is 117 cm³/mol. The van der Waals surface area contributed by atoms with Crippen LogP contribution >= 0.6 is 0 Å². The lowest BCUT2D eigenvalue weighted by atomic mass is 10.2. The number of carbonyl (C=O) groups excluding carboxylic acids is 1. The minimum absolute atomic E-state index is 0.152. The fourth-order valence-corrected chi connectivity index (χ4v) is 2.95. The number of hydrogen-bond acceptors (Lipinski definition) is 5. The van der Waals surface area contributed by atoms with E-state index >= 15 is 0 Å². The zero-order chi connectivity index (χ0) is 21.3. The summed E-state index contributed by atoms with van der Waals surface area (Å²) in [7, 11) is 0. The molecule has 0 bridgehead atoms. The summed E-state index contributed by atoms with van der Waals surface area (Å²) in [6, 6.07) is 12.5. The van der Waals surface area contributed by atoms with Crippen LogP contribution < -0.4 is 20.3 Å². The number of rotatable bonds is 10. The van der Waals surface area contributed by atoms with E-state index in [1.54, 1.807) is 36.4 Å². The van der Waals surface area contributed by atoms with Gasteiger partial charge in [0, 0.05) is 24.7 Å². The third-order valence-corrected chi connectivity index (χ3v) is 4.46. The number of aromatic nitrogens is 2. The van der Waals surface area contributed by atoms with Crippen molar-refractivity contribution in [1.29, 1.82) is 0 Å². The van der Waals surface area contributed by atoms with Crippen molar-refractivity contribution in [3.8, 4) is 11.5 Å². The van der Waals surface area contributed by atoms with E-state index in [4.69, 9.17) is 9.47 Å². The minimum Gasteiger partial charge on any atom is -0.490 e. The van der Waals surface area contributed by atoms with E-state index < -0.39 is 0 Å². The summed E-state index contributed by atoms with van der Waals surface area (Å²) in [5.41, 5.74) is 1.12. The van der Waals surface area contributed by atoms with Gasteiger partial charge in [0.15, 0.2) is 11.5 Å². The number of hydrogen-bond donors (Lipinski definition) is 1. The molecule has 3 aromatic rings. The first-order valence-corrected chi connectivity index (χ1v) is 10.3. The van der Waals surface area contributed by atoms with E-state index in [1.807, 2.05) is 19.9 Å². The molecule has 7 heteroatoms. The van der Waals surface area contributed by atoms with Gasteiger partial charge < -0.3 is 14.8 Å². The molecule has 0 atom stereocenters. The number of fused-ring (bicyclic) bond motifs is 1. The Bertz CT molecular complexity index is 1060. The van der Waals surface area contributed by atoms with Gasteiger partial charge in [-0.2, -0.15) is 0 Å². The molecular weight excluding hydrogens is 382 g/mol. The summed E-state index contributed by atoms with van der Waals surface area (Å²) >= 11 is 0. The van der Waals surface area contributed by atoms with Crippen LogP contribution in [0, 0.1) is 0 Å². The van der Waals surface area contributed by atoms with Gasteiger partial charge in [0.05, 0.1) is 30.4 Å². The molecule has 1 heterocycles. The van der Waals surface area contributed by atoms with Crippen LogP contribution in [0.2, 0.25) is 0 Å². The number of aryl methyl sites for hydroxylation is 1. The zero-order valence-electron chi connectivity index (χ0n) is 17.4. The summed E-state index contributed by atoms with van der Waals surface area (Å²) in [4.78, 5) is 29.2. The molecular formula is C23H27N3O4. The monoisotopic (exact) mass is 409 g/mol. The number of benzene rings is 2. The second-order valence-corrected chi connectivity index (χ2v) is 6.92. The van der Waals surface area contributed by atoms with Crippen molar-refractivity contribution in [3.05, 3.63) is 59.1 Å². The Kier molecular flexibility index (Phi) is 7.43. The van der Waals surface area contributed by atoms with Crippen molar-refractivity contribution in [1.82, 2.24) is 9.55 Å². The maximum absolute atomic E-state index is 12.5. The second-order valence-electron chi connectivity index (χ2n) is 6.92. The van der Waals surface area contributed by atoms with Crippen LogP contribution in [0.5, 0.6) is 11.5 Å². The summed E-state index contributed by atoms with van der Waals surface area (Å²) in [6.45, 7) is 5.49. The highest BCUT2D eigenvalue weighted by Gasteiger charge is 2.10. The van der Waals surface area contributed by atoms with Crippen molar-refractivity contribution in [2.45, 2.75) is 39.7 Å². The van der Waals surface area contributed by atoms with Gasteiger partial charge in [-0.1, -0.05) is 26.0 Å². The highest BCUT2D eigenvalue weighted by Crippen LogP contribution is 2.31. The highest BCUT2D eigenvalue weighted by molar-refractivity contribution is 5.91. The van der Waals surface area contributed by atoms with Gasteiger partial charge in [0.1, 0.15) is 0 Å². The highest BCUT2D eigenvalue weighted by atomic mass is 16.5. The zero-order valence-corrected chi connectivity index (χ0v) is 17.4. The summed E-state index contributed by atoms with van der Waals surface area (Å²) in [6.07, 6.45) is 3.40. The van der Waals surface area contributed by atoms with Crippen molar-refractivity contribution < 1.29 is 14.3 Å². The minimum atomic E-state index is -0.196. The lowest BCUT2D eigenvalue weighted by Gasteiger charge is -2.14. The third kappa shape index (κ3) is 5.37. The molecule has 158 valence electrons. The molecule has 7 nitrogen and oxygen atoms in total. The van der Waals surface area contributed by atoms with Crippen molar-refractivity contribution in [3.63, 3.8) is 0 Å². The SMILES string of the molecule is CCCOc1ccc(NC(=O)CCn2cnc3ccccc3c2=O)cc1OCCC. The van der Waals surface area contributed by atoms with Crippen molar-refractivity contribution >= 4 is 22.5 Å². The number of carbonyl (C=O) groups is 1. The van der Waals surface area contributed by atoms with Crippen LogP contribution in [0.15, 0.2) is 53.6 Å². The average molecular weight is 409 g/mol. The van der Waals surface area contributed by atoms with E-state index in [0.717, 1.165) is 12.8 Å². The standard InChI is InChI=1S/C23H27N3O4/c1-3-13-29-20-10-9-17(15-21(20)30-14-4-2)25-22(27)11-12-26-16-24-19-8-6-5-7-18(19)23(26)28/h5-10,15-16H,3-4,11-14H2,1-2H3,(H,25,27). The summed E-state index contributed by atoms with van der Waals surface area (Å²) in [5.74, 6) is 1.08. The first-order valence-electron chi connectivity index (χ1n) is 10.3. The molecule has 0 aliphatic rings. The number of anilines is 1. The number of amides is 1. The van der Waals surface area contributed by atoms with Gasteiger partial charge in [0.2, 0.25) is 5.91 Å². The van der Waals surface area contributed by atoms with E-state index in [1.165, 1.54) is 10.9 Å². The van der Waals surface area contributed by atoms with Crippen LogP contribution in [0.1, 0.15) is 33.1 Å². The largest absolute Gasteiger partial charge is 0.490 e. The molecule has 0 unspecified atom stereocenters. The molecule has 0 saturated carbocycles. The Morgan fingerprint density at radius 3 is 2.53 bits per heavy atom. The molecule has 0 saturated heterocycles. The van der Waals surface area contributed by atoms with Crippen LogP contribution in [-0.4, -0.2) is 28.7 Å². The van der Waals surface area contributed by atoms with Gasteiger partial charge in [-0.3, -0.25) is 14.2 Å². The van der Waals surface area contributed by atoms with Crippen molar-refractivity contribution in [2.75, 3.05) is 18.5 Å². The molecule has 3 rings (SSSR count). The number of nitrogens with one attached hydrogen (secondary N) is 1. The smallest absolute Gasteiger partial charge is 0.261 e. The maximum atomic E-state index is 12.5. The Morgan fingerprint density at radius 2 is 1.77 bits per heavy atom. The van der Waals surface area contributed by atoms with Crippen LogP contribution in [-0.2, 0) is 11.3 Å². The van der Waals surface area contributed by atoms with E-state index in [9.17, 15) is 9.59 Å². The average Bonchev–Trinajstić information content (AvgIpc) is 2.76. The number of para-hydroxylation sites is 1. The van der Waals surface area contributed by atoms with E-state index in [2.05, 4.69) is 10.3 Å². The summed E-state index contributed by atoms with van der Waals surface area (Å²) in [5, 5.41) is 3.40. The third-order valence-electron chi connectivity index (χ3n) is 4.46. The maximum Gasteiger partial charge on any atom is 0.261 e. The topological polar surface area (TPSA) is 82.5 Å². The quantitative estimate of drug-likeness (QED) is 0.547. The van der Waals surface area contributed by atoms with Gasteiger partial charge in [0.25, 0.3) is 5.56 Å². The molecule has 0 aliphatic heterocycles. The van der Waals surface area contributed by atoms with Gasteiger partial charge in [-0.25, -0.2) is 4.98 Å². The molecule has 0 spiro atoms. The van der Waals surface area contributed by atoms with Crippen LogP contribution in [0.3, 0.4) is 0 Å². The predicted octanol–water partition coefficient (Wildman–Crippen LogP) is 4.00. The van der Waals surface area contributed by atoms with Crippen LogP contribution in [0.25, 0.3) is 10.9 Å². The molecule has 2 aromatic carbocycles. The number of ether oxygens (including phenoxy) is 2. The van der Waals surface area contributed by atoms with Gasteiger partial charge in [-0.15, -0.1) is 0 Å². The van der Waals surface area contributed by atoms with E-state index in [0.29, 0.717) is 41.3 Å². The molecule has 1 N–H and O–H groups in total. The van der Waals surface area contributed by atoms with Crippen LogP contribution in [0.4, 0.5) is 5.69 Å². The second kappa shape index (κ2) is 10.4. The molecule has 30 heavy (non-hydrogen) atoms. The molecule has 0 aliphatic carbocycles. The molecule has 1 aromatic heterocycles. The first kappa shape index (κ1) is 21.4.